The molecule has 0 aliphatic carbocycles. The van der Waals surface area contributed by atoms with Crippen molar-refractivity contribution < 1.29 is 19.1 Å². The van der Waals surface area contributed by atoms with Crippen LogP contribution in [0.1, 0.15) is 36.0 Å². The fraction of sp³-hybridized carbons (Fsp3) is 0.323. The number of rotatable bonds is 10. The molecule has 1 unspecified atom stereocenters. The normalized spacial score (nSPS) is 17.9. The number of carbonyl (C=O) groups excluding carboxylic acids is 3. The third kappa shape index (κ3) is 6.79. The van der Waals surface area contributed by atoms with Gasteiger partial charge in [0.1, 0.15) is 18.2 Å². The Kier molecular flexibility index (Phi) is 9.14. The molecule has 1 saturated heterocycles. The number of likely N-dealkylation sites (N-methyl/N-ethyl adjacent to an activating group) is 1. The van der Waals surface area contributed by atoms with E-state index in [4.69, 9.17) is 4.74 Å². The van der Waals surface area contributed by atoms with E-state index in [0.29, 0.717) is 38.6 Å². The molecule has 3 amide bonds. The van der Waals surface area contributed by atoms with Crippen LogP contribution in [0.25, 0.3) is 0 Å². The second-order valence-corrected chi connectivity index (χ2v) is 9.68. The number of hydrogen-bond donors (Lipinski definition) is 2. The van der Waals surface area contributed by atoms with E-state index in [1.54, 1.807) is 11.9 Å². The highest BCUT2D eigenvalue weighted by molar-refractivity contribution is 5.94. The number of aryl methyl sites for hydroxylation is 1. The molecule has 3 aromatic rings. The smallest absolute Gasteiger partial charge is 0.408 e. The van der Waals surface area contributed by atoms with Crippen LogP contribution >= 0.6 is 0 Å². The summed E-state index contributed by atoms with van der Waals surface area (Å²) in [6.45, 7) is 0.547. The maximum Gasteiger partial charge on any atom is 0.408 e. The van der Waals surface area contributed by atoms with E-state index in [2.05, 4.69) is 10.6 Å². The van der Waals surface area contributed by atoms with E-state index in [0.717, 1.165) is 16.7 Å². The number of amides is 3. The van der Waals surface area contributed by atoms with E-state index in [9.17, 15) is 14.4 Å². The Labute approximate surface area is 224 Å². The maximum absolute atomic E-state index is 14.2. The van der Waals surface area contributed by atoms with Gasteiger partial charge in [0.05, 0.1) is 0 Å². The van der Waals surface area contributed by atoms with Gasteiger partial charge in [-0.05, 0) is 42.4 Å². The number of nitrogens with zero attached hydrogens (tertiary/aromatic N) is 1. The maximum atomic E-state index is 14.2. The Balaban J connectivity index is 1.57. The summed E-state index contributed by atoms with van der Waals surface area (Å²) < 4.78 is 5.52. The number of benzene rings is 3. The van der Waals surface area contributed by atoms with Crippen LogP contribution in [-0.2, 0) is 33.8 Å². The van der Waals surface area contributed by atoms with Gasteiger partial charge in [0.25, 0.3) is 0 Å². The van der Waals surface area contributed by atoms with Crippen LogP contribution < -0.4 is 10.6 Å². The zero-order valence-corrected chi connectivity index (χ0v) is 21.8. The van der Waals surface area contributed by atoms with E-state index in [-0.39, 0.29) is 18.4 Å². The topological polar surface area (TPSA) is 87.7 Å². The first-order valence-corrected chi connectivity index (χ1v) is 13.1. The highest BCUT2D eigenvalue weighted by Crippen LogP contribution is 2.30. The Bertz CT molecular complexity index is 1200. The predicted octanol–water partition coefficient (Wildman–Crippen LogP) is 4.26. The number of nitrogens with one attached hydrogen (secondary N) is 2. The lowest BCUT2D eigenvalue weighted by molar-refractivity contribution is -0.149. The fourth-order valence-corrected chi connectivity index (χ4v) is 5.05. The van der Waals surface area contributed by atoms with Crippen molar-refractivity contribution >= 4 is 17.9 Å². The molecular formula is C31H35N3O4. The van der Waals surface area contributed by atoms with E-state index in [1.165, 1.54) is 0 Å². The number of ether oxygens (including phenoxy) is 1. The van der Waals surface area contributed by atoms with Gasteiger partial charge in [0.15, 0.2) is 0 Å². The number of piperidine rings is 1. The van der Waals surface area contributed by atoms with Gasteiger partial charge < -0.3 is 20.3 Å². The van der Waals surface area contributed by atoms with Crippen LogP contribution in [0.15, 0.2) is 91.0 Å². The third-order valence-corrected chi connectivity index (χ3v) is 7.11. The van der Waals surface area contributed by atoms with Crippen molar-refractivity contribution in [3.8, 4) is 0 Å². The van der Waals surface area contributed by atoms with Crippen LogP contribution in [0.5, 0.6) is 0 Å². The van der Waals surface area contributed by atoms with Crippen LogP contribution in [0.4, 0.5) is 4.79 Å². The minimum Gasteiger partial charge on any atom is -0.445 e. The molecule has 7 nitrogen and oxygen atoms in total. The molecule has 4 rings (SSSR count). The molecule has 1 aliphatic rings. The Morgan fingerprint density at radius 3 is 2.08 bits per heavy atom. The summed E-state index contributed by atoms with van der Waals surface area (Å²) in [5.41, 5.74) is 1.72. The van der Waals surface area contributed by atoms with Gasteiger partial charge >= 0.3 is 6.09 Å². The Morgan fingerprint density at radius 2 is 1.47 bits per heavy atom. The SMILES string of the molecule is CNC(=O)[C@H](Cc1ccccc1)N1CCCC(CCc2ccccc2)(NC(=O)OCc2ccccc2)C1=O. The zero-order chi connectivity index (χ0) is 26.8. The van der Waals surface area contributed by atoms with Gasteiger partial charge in [-0.3, -0.25) is 9.59 Å². The summed E-state index contributed by atoms with van der Waals surface area (Å²) in [4.78, 5) is 41.9. The van der Waals surface area contributed by atoms with Crippen molar-refractivity contribution in [3.05, 3.63) is 108 Å². The van der Waals surface area contributed by atoms with Gasteiger partial charge in [-0.2, -0.15) is 0 Å². The summed E-state index contributed by atoms with van der Waals surface area (Å²) in [7, 11) is 1.58. The highest BCUT2D eigenvalue weighted by atomic mass is 16.5. The van der Waals surface area contributed by atoms with E-state index >= 15 is 0 Å². The standard InChI is InChI=1S/C31H35N3O4/c1-32-28(35)27(22-25-14-7-3-8-15-25)34-21-11-19-31(29(34)36,20-18-24-12-5-2-6-13-24)33-30(37)38-23-26-16-9-4-10-17-26/h2-10,12-17,27H,11,18-23H2,1H3,(H,32,35)(H,33,37)/t27-,31?/m0/s1. The molecule has 0 bridgehead atoms. The summed E-state index contributed by atoms with van der Waals surface area (Å²) >= 11 is 0. The second-order valence-electron chi connectivity index (χ2n) is 9.68. The average molecular weight is 514 g/mol. The third-order valence-electron chi connectivity index (χ3n) is 7.11. The van der Waals surface area contributed by atoms with Crippen molar-refractivity contribution in [2.24, 2.45) is 0 Å². The average Bonchev–Trinajstić information content (AvgIpc) is 2.96. The lowest BCUT2D eigenvalue weighted by Crippen LogP contribution is -2.66. The van der Waals surface area contributed by atoms with Crippen molar-refractivity contribution in [3.63, 3.8) is 0 Å². The van der Waals surface area contributed by atoms with Crippen LogP contribution in [-0.4, -0.2) is 48.0 Å². The minimum absolute atomic E-state index is 0.105. The zero-order valence-electron chi connectivity index (χ0n) is 21.8. The number of likely N-dealkylation sites (tertiary alicyclic amines) is 1. The monoisotopic (exact) mass is 513 g/mol. The molecule has 1 aliphatic heterocycles. The molecule has 0 saturated carbocycles. The van der Waals surface area contributed by atoms with Gasteiger partial charge in [0, 0.05) is 20.0 Å². The number of hydrogen-bond acceptors (Lipinski definition) is 4. The molecule has 7 heteroatoms. The number of carbonyl (C=O) groups is 3. The molecule has 1 fully saturated rings. The highest BCUT2D eigenvalue weighted by Gasteiger charge is 2.48. The summed E-state index contributed by atoms with van der Waals surface area (Å²) in [5, 5.41) is 5.67. The Morgan fingerprint density at radius 1 is 0.895 bits per heavy atom. The molecule has 0 spiro atoms. The second kappa shape index (κ2) is 12.9. The molecule has 2 atom stereocenters. The first-order chi connectivity index (χ1) is 18.5. The molecule has 1 heterocycles. The molecule has 2 N–H and O–H groups in total. The van der Waals surface area contributed by atoms with Gasteiger partial charge in [0.2, 0.25) is 11.8 Å². The van der Waals surface area contributed by atoms with Gasteiger partial charge in [-0.1, -0.05) is 91.0 Å². The van der Waals surface area contributed by atoms with Crippen molar-refractivity contribution in [1.82, 2.24) is 15.5 Å². The lowest BCUT2D eigenvalue weighted by Gasteiger charge is -2.44. The van der Waals surface area contributed by atoms with E-state index in [1.807, 2.05) is 91.0 Å². The number of alkyl carbamates (subject to hydrolysis) is 1. The van der Waals surface area contributed by atoms with E-state index < -0.39 is 17.7 Å². The van der Waals surface area contributed by atoms with Crippen LogP contribution in [0.3, 0.4) is 0 Å². The van der Waals surface area contributed by atoms with Crippen molar-refractivity contribution in [1.29, 1.82) is 0 Å². The van der Waals surface area contributed by atoms with Crippen LogP contribution in [0.2, 0.25) is 0 Å². The predicted molar refractivity (Wildman–Crippen MR) is 146 cm³/mol. The van der Waals surface area contributed by atoms with Crippen molar-refractivity contribution in [2.75, 3.05) is 13.6 Å². The minimum atomic E-state index is -1.18. The molecule has 0 aromatic heterocycles. The first kappa shape index (κ1) is 26.9. The molecule has 0 radical (unpaired) electrons. The lowest BCUT2D eigenvalue weighted by atomic mass is 9.81. The largest absolute Gasteiger partial charge is 0.445 e. The molecule has 198 valence electrons. The summed E-state index contributed by atoms with van der Waals surface area (Å²) in [6.07, 6.45) is 1.88. The quantitative estimate of drug-likeness (QED) is 0.424. The van der Waals surface area contributed by atoms with Crippen LogP contribution in [0, 0.1) is 0 Å². The molecule has 3 aromatic carbocycles. The first-order valence-electron chi connectivity index (χ1n) is 13.1. The van der Waals surface area contributed by atoms with Crippen molar-refractivity contribution in [2.45, 2.75) is 50.3 Å². The fourth-order valence-electron chi connectivity index (χ4n) is 5.05. The summed E-state index contributed by atoms with van der Waals surface area (Å²) in [5.74, 6) is -0.478. The van der Waals surface area contributed by atoms with Gasteiger partial charge in [-0.25, -0.2) is 4.79 Å². The molecule has 38 heavy (non-hydrogen) atoms. The molecular weight excluding hydrogens is 478 g/mol. The van der Waals surface area contributed by atoms with Gasteiger partial charge in [-0.15, -0.1) is 0 Å². The Hall–Kier alpha value is -4.13. The summed E-state index contributed by atoms with van der Waals surface area (Å²) in [6, 6.07) is 28.3.